The molecule has 0 bridgehead atoms. The molecule has 5 nitrogen and oxygen atoms in total. The first kappa shape index (κ1) is 42.0. The van der Waals surface area contributed by atoms with Crippen LogP contribution in [0, 0.1) is 0 Å². The van der Waals surface area contributed by atoms with E-state index in [4.69, 9.17) is 9.47 Å². The number of allylic oxidation sites excluding steroid dienone is 22. The van der Waals surface area contributed by atoms with Crippen LogP contribution in [0.25, 0.3) is 0 Å². The van der Waals surface area contributed by atoms with Gasteiger partial charge in [0.2, 0.25) is 0 Å². The lowest BCUT2D eigenvalue weighted by Gasteiger charge is -2.15. The van der Waals surface area contributed by atoms with Crippen molar-refractivity contribution in [2.45, 2.75) is 97.0 Å². The fraction of sp³-hybridized carbons (Fsp3) is 0.415. The highest BCUT2D eigenvalue weighted by Crippen LogP contribution is 2.04. The van der Waals surface area contributed by atoms with E-state index >= 15 is 0 Å². The van der Waals surface area contributed by atoms with Crippen LogP contribution < -0.4 is 0 Å². The first-order chi connectivity index (χ1) is 22.6. The van der Waals surface area contributed by atoms with Gasteiger partial charge in [-0.2, -0.15) is 0 Å². The van der Waals surface area contributed by atoms with E-state index in [2.05, 4.69) is 80.7 Å². The lowest BCUT2D eigenvalue weighted by molar-refractivity contribution is -0.161. The molecule has 0 aromatic rings. The Kier molecular flexibility index (Phi) is 32.5. The summed E-state index contributed by atoms with van der Waals surface area (Å²) in [5.74, 6) is -0.796. The molecule has 0 aromatic heterocycles. The van der Waals surface area contributed by atoms with E-state index in [1.54, 1.807) is 0 Å². The summed E-state index contributed by atoms with van der Waals surface area (Å²) in [6, 6.07) is 0. The Morgan fingerprint density at radius 3 is 1.48 bits per heavy atom. The third kappa shape index (κ3) is 32.9. The first-order valence-corrected chi connectivity index (χ1v) is 16.8. The van der Waals surface area contributed by atoms with E-state index in [-0.39, 0.29) is 25.4 Å². The van der Waals surface area contributed by atoms with Crippen molar-refractivity contribution in [1.29, 1.82) is 0 Å². The minimum absolute atomic E-state index is 0.144. The van der Waals surface area contributed by atoms with Crippen LogP contribution in [-0.2, 0) is 19.1 Å². The summed E-state index contributed by atoms with van der Waals surface area (Å²) in [6.07, 6.45) is 53.8. The molecule has 0 aliphatic heterocycles. The van der Waals surface area contributed by atoms with Crippen molar-refractivity contribution in [3.63, 3.8) is 0 Å². The van der Waals surface area contributed by atoms with Crippen molar-refractivity contribution in [3.05, 3.63) is 134 Å². The monoisotopic (exact) mass is 630 g/mol. The topological polar surface area (TPSA) is 72.8 Å². The van der Waals surface area contributed by atoms with E-state index in [1.807, 2.05) is 66.8 Å². The standard InChI is InChI=1S/C41H58O5/c1-3-5-7-9-11-13-15-17-18-19-20-21-22-24-26-28-30-32-34-36-41(44)46-39(37-42)38-45-40(43)35-33-31-29-27-25-23-16-14-12-10-8-6-4-2/h5-8,10-14,16-18,20-21,23-27,29-30,32,39,42H,3-4,9,15,19,22,28,31,33-38H2,1-2H3/b7-5+,8-6+,12-10+,13-11+,16-14+,18-17+,21-20+,25-23+,26-24+,29-27+,32-30+. The molecule has 0 saturated heterocycles. The van der Waals surface area contributed by atoms with Gasteiger partial charge in [-0.1, -0.05) is 148 Å². The summed E-state index contributed by atoms with van der Waals surface area (Å²) in [5.41, 5.74) is 0. The van der Waals surface area contributed by atoms with Crippen LogP contribution in [0.15, 0.2) is 134 Å². The van der Waals surface area contributed by atoms with Crippen molar-refractivity contribution in [1.82, 2.24) is 0 Å². The quantitative estimate of drug-likeness (QED) is 0.0423. The molecular weight excluding hydrogens is 572 g/mol. The van der Waals surface area contributed by atoms with Crippen molar-refractivity contribution < 1.29 is 24.2 Å². The molecule has 0 saturated carbocycles. The minimum atomic E-state index is -0.850. The highest BCUT2D eigenvalue weighted by Gasteiger charge is 2.15. The molecule has 0 rings (SSSR count). The molecule has 0 radical (unpaired) electrons. The second-order valence-corrected chi connectivity index (χ2v) is 10.2. The molecule has 0 aromatic carbocycles. The van der Waals surface area contributed by atoms with Gasteiger partial charge in [-0.15, -0.1) is 0 Å². The molecule has 0 amide bonds. The number of hydrogen-bond donors (Lipinski definition) is 1. The molecule has 1 unspecified atom stereocenters. The molecule has 0 spiro atoms. The van der Waals surface area contributed by atoms with E-state index in [0.29, 0.717) is 12.8 Å². The summed E-state index contributed by atoms with van der Waals surface area (Å²) in [4.78, 5) is 24.1. The Morgan fingerprint density at radius 2 is 0.978 bits per heavy atom. The van der Waals surface area contributed by atoms with Crippen LogP contribution in [-0.4, -0.2) is 36.4 Å². The van der Waals surface area contributed by atoms with Crippen LogP contribution in [0.5, 0.6) is 0 Å². The van der Waals surface area contributed by atoms with Gasteiger partial charge >= 0.3 is 11.9 Å². The van der Waals surface area contributed by atoms with Gasteiger partial charge in [-0.3, -0.25) is 9.59 Å². The van der Waals surface area contributed by atoms with Crippen LogP contribution in [0.1, 0.15) is 90.9 Å². The molecule has 1 N–H and O–H groups in total. The number of carbonyl (C=O) groups is 2. The Hall–Kier alpha value is -3.96. The normalized spacial score (nSPS) is 13.9. The van der Waals surface area contributed by atoms with Crippen molar-refractivity contribution in [2.75, 3.05) is 13.2 Å². The van der Waals surface area contributed by atoms with Gasteiger partial charge in [0.1, 0.15) is 6.61 Å². The summed E-state index contributed by atoms with van der Waals surface area (Å²) < 4.78 is 10.4. The van der Waals surface area contributed by atoms with E-state index < -0.39 is 18.7 Å². The number of aliphatic hydroxyl groups excluding tert-OH is 1. The smallest absolute Gasteiger partial charge is 0.306 e. The number of unbranched alkanes of at least 4 members (excludes halogenated alkanes) is 1. The van der Waals surface area contributed by atoms with Crippen LogP contribution in [0.2, 0.25) is 0 Å². The summed E-state index contributed by atoms with van der Waals surface area (Å²) in [6.45, 7) is 3.70. The summed E-state index contributed by atoms with van der Waals surface area (Å²) in [5, 5.41) is 9.49. The molecule has 0 aliphatic rings. The van der Waals surface area contributed by atoms with E-state index in [1.165, 1.54) is 0 Å². The van der Waals surface area contributed by atoms with Crippen molar-refractivity contribution in [3.8, 4) is 0 Å². The number of aliphatic hydroxyl groups is 1. The zero-order valence-corrected chi connectivity index (χ0v) is 28.3. The second-order valence-electron chi connectivity index (χ2n) is 10.2. The van der Waals surface area contributed by atoms with Crippen molar-refractivity contribution >= 4 is 11.9 Å². The maximum atomic E-state index is 12.1. The van der Waals surface area contributed by atoms with Gasteiger partial charge in [-0.25, -0.2) is 0 Å². The molecular formula is C41H58O5. The van der Waals surface area contributed by atoms with Gasteiger partial charge < -0.3 is 14.6 Å². The zero-order valence-electron chi connectivity index (χ0n) is 28.3. The number of carbonyl (C=O) groups excluding carboxylic acids is 2. The Bertz CT molecular complexity index is 1080. The lowest BCUT2D eigenvalue weighted by Crippen LogP contribution is -2.28. The molecule has 0 fully saturated rings. The van der Waals surface area contributed by atoms with Gasteiger partial charge in [-0.05, 0) is 64.2 Å². The average Bonchev–Trinajstić information content (AvgIpc) is 3.06. The maximum Gasteiger partial charge on any atom is 0.306 e. The fourth-order valence-electron chi connectivity index (χ4n) is 3.61. The molecule has 46 heavy (non-hydrogen) atoms. The van der Waals surface area contributed by atoms with E-state index in [0.717, 1.165) is 51.4 Å². The minimum Gasteiger partial charge on any atom is -0.462 e. The first-order valence-electron chi connectivity index (χ1n) is 16.8. The third-order valence-corrected chi connectivity index (χ3v) is 6.08. The van der Waals surface area contributed by atoms with Gasteiger partial charge in [0, 0.05) is 12.8 Å². The Labute approximate surface area is 279 Å². The van der Waals surface area contributed by atoms with Gasteiger partial charge in [0.25, 0.3) is 0 Å². The predicted molar refractivity (Wildman–Crippen MR) is 195 cm³/mol. The fourth-order valence-corrected chi connectivity index (χ4v) is 3.61. The van der Waals surface area contributed by atoms with Crippen LogP contribution >= 0.6 is 0 Å². The largest absolute Gasteiger partial charge is 0.462 e. The van der Waals surface area contributed by atoms with Gasteiger partial charge in [0.15, 0.2) is 6.10 Å². The molecule has 0 heterocycles. The average molecular weight is 631 g/mol. The summed E-state index contributed by atoms with van der Waals surface area (Å²) in [7, 11) is 0. The van der Waals surface area contributed by atoms with Crippen molar-refractivity contribution in [2.24, 2.45) is 0 Å². The molecule has 252 valence electrons. The predicted octanol–water partition coefficient (Wildman–Crippen LogP) is 10.3. The molecule has 1 atom stereocenters. The highest BCUT2D eigenvalue weighted by molar-refractivity contribution is 5.70. The molecule has 5 heteroatoms. The lowest BCUT2D eigenvalue weighted by atomic mass is 10.2. The van der Waals surface area contributed by atoms with E-state index in [9.17, 15) is 14.7 Å². The Balaban J connectivity index is 3.91. The number of esters is 2. The maximum absolute atomic E-state index is 12.1. The SMILES string of the molecule is CC/C=C/C=C/C=C/C=C/C=C/CCCC(=O)OCC(CO)OC(=O)CC/C=C/C/C=C/C/C=C/C/C=C/C/C=C/C/C=C/CC. The number of ether oxygens (including phenoxy) is 2. The zero-order chi connectivity index (χ0) is 33.6. The number of rotatable bonds is 27. The Morgan fingerprint density at radius 1 is 0.522 bits per heavy atom. The van der Waals surface area contributed by atoms with Crippen LogP contribution in [0.4, 0.5) is 0 Å². The molecule has 0 aliphatic carbocycles. The third-order valence-electron chi connectivity index (χ3n) is 6.08. The van der Waals surface area contributed by atoms with Crippen LogP contribution in [0.3, 0.4) is 0 Å². The number of hydrogen-bond acceptors (Lipinski definition) is 5. The highest BCUT2D eigenvalue weighted by atomic mass is 16.6. The van der Waals surface area contributed by atoms with Gasteiger partial charge in [0.05, 0.1) is 6.61 Å². The second kappa shape index (κ2) is 35.5. The summed E-state index contributed by atoms with van der Waals surface area (Å²) >= 11 is 0.